The summed E-state index contributed by atoms with van der Waals surface area (Å²) in [5, 5.41) is 12.3. The van der Waals surface area contributed by atoms with Crippen LogP contribution in [-0.4, -0.2) is 36.6 Å². The fraction of sp³-hybridized carbons (Fsp3) is 0.444. The molecule has 0 fully saturated rings. The molecule has 9 nitrogen and oxygen atoms in total. The molecule has 1 aromatic heterocycles. The Labute approximate surface area is 108 Å². The summed E-state index contributed by atoms with van der Waals surface area (Å²) in [5.74, 6) is -2.53. The number of nitrogens with two attached hydrogens (primary N) is 1. The van der Waals surface area contributed by atoms with E-state index in [0.717, 1.165) is 0 Å². The van der Waals surface area contributed by atoms with E-state index >= 15 is 0 Å². The lowest BCUT2D eigenvalue weighted by atomic mass is 10.2. The van der Waals surface area contributed by atoms with Crippen LogP contribution in [0.2, 0.25) is 0 Å². The predicted octanol–water partition coefficient (Wildman–Crippen LogP) is -1.27. The standard InChI is InChI=1S/C9H13N3O6S/c1-5-2-6(11-18-5)4-19(16,17)12-7(9(14)15)3-8(10)13/h2,7,12H,3-4H2,1H3,(H2,10,13)(H,14,15). The van der Waals surface area contributed by atoms with Crippen molar-refractivity contribution in [1.82, 2.24) is 9.88 Å². The Morgan fingerprint density at radius 3 is 2.63 bits per heavy atom. The van der Waals surface area contributed by atoms with Gasteiger partial charge < -0.3 is 15.4 Å². The van der Waals surface area contributed by atoms with E-state index < -0.39 is 40.1 Å². The number of carbonyl (C=O) groups is 2. The van der Waals surface area contributed by atoms with E-state index in [1.807, 2.05) is 4.72 Å². The van der Waals surface area contributed by atoms with E-state index in [-0.39, 0.29) is 5.69 Å². The fourth-order valence-electron chi connectivity index (χ4n) is 1.32. The molecule has 4 N–H and O–H groups in total. The van der Waals surface area contributed by atoms with Crippen molar-refractivity contribution in [3.63, 3.8) is 0 Å². The molecule has 0 saturated heterocycles. The highest BCUT2D eigenvalue weighted by molar-refractivity contribution is 7.88. The predicted molar refractivity (Wildman–Crippen MR) is 62.2 cm³/mol. The smallest absolute Gasteiger partial charge is 0.322 e. The molecule has 1 aromatic rings. The Hall–Kier alpha value is -1.94. The molecule has 19 heavy (non-hydrogen) atoms. The summed E-state index contributed by atoms with van der Waals surface area (Å²) >= 11 is 0. The number of hydrogen-bond acceptors (Lipinski definition) is 6. The van der Waals surface area contributed by atoms with Gasteiger partial charge in [0.2, 0.25) is 15.9 Å². The molecule has 0 aliphatic rings. The van der Waals surface area contributed by atoms with Gasteiger partial charge in [-0.3, -0.25) is 9.59 Å². The third kappa shape index (κ3) is 5.06. The number of sulfonamides is 1. The monoisotopic (exact) mass is 291 g/mol. The van der Waals surface area contributed by atoms with Gasteiger partial charge in [-0.1, -0.05) is 5.16 Å². The van der Waals surface area contributed by atoms with Gasteiger partial charge >= 0.3 is 5.97 Å². The molecule has 0 radical (unpaired) electrons. The molecule has 0 aliphatic heterocycles. The van der Waals surface area contributed by atoms with Gasteiger partial charge in [0.05, 0.1) is 6.42 Å². The second-order valence-corrected chi connectivity index (χ2v) is 5.62. The number of nitrogens with zero attached hydrogens (tertiary/aromatic N) is 1. The van der Waals surface area contributed by atoms with E-state index in [9.17, 15) is 18.0 Å². The number of primary amides is 1. The molecule has 1 unspecified atom stereocenters. The number of aliphatic carboxylic acids is 1. The summed E-state index contributed by atoms with van der Waals surface area (Å²) in [5.41, 5.74) is 4.97. The summed E-state index contributed by atoms with van der Waals surface area (Å²) in [6, 6.07) is -0.196. The summed E-state index contributed by atoms with van der Waals surface area (Å²) in [6.07, 6.45) is -0.633. The molecule has 0 aliphatic carbocycles. The number of carboxylic acids is 1. The summed E-state index contributed by atoms with van der Waals surface area (Å²) in [6.45, 7) is 1.59. The van der Waals surface area contributed by atoms with Crippen molar-refractivity contribution in [2.45, 2.75) is 25.1 Å². The Morgan fingerprint density at radius 2 is 2.21 bits per heavy atom. The van der Waals surface area contributed by atoms with Gasteiger partial charge in [0, 0.05) is 6.07 Å². The molecule has 1 amide bonds. The molecular formula is C9H13N3O6S. The number of carbonyl (C=O) groups excluding carboxylic acids is 1. The Morgan fingerprint density at radius 1 is 1.58 bits per heavy atom. The molecule has 106 valence electrons. The SMILES string of the molecule is Cc1cc(CS(=O)(=O)NC(CC(N)=O)C(=O)O)no1. The van der Waals surface area contributed by atoms with E-state index in [1.165, 1.54) is 6.07 Å². The molecule has 1 rings (SSSR count). The zero-order valence-corrected chi connectivity index (χ0v) is 10.8. The van der Waals surface area contributed by atoms with E-state index in [2.05, 4.69) is 5.16 Å². The summed E-state index contributed by atoms with van der Waals surface area (Å²) < 4.78 is 30.0. The molecule has 1 heterocycles. The van der Waals surface area contributed by atoms with Crippen LogP contribution in [0, 0.1) is 6.92 Å². The van der Waals surface area contributed by atoms with Gasteiger partial charge in [-0.05, 0) is 6.92 Å². The van der Waals surface area contributed by atoms with Crippen LogP contribution in [0.1, 0.15) is 17.9 Å². The minimum absolute atomic E-state index is 0.133. The molecule has 0 spiro atoms. The Bertz CT molecular complexity index is 579. The van der Waals surface area contributed by atoms with Crippen molar-refractivity contribution in [3.05, 3.63) is 17.5 Å². The molecule has 0 bridgehead atoms. The highest BCUT2D eigenvalue weighted by Crippen LogP contribution is 2.07. The molecule has 0 saturated carbocycles. The van der Waals surface area contributed by atoms with Crippen LogP contribution in [0.4, 0.5) is 0 Å². The van der Waals surface area contributed by atoms with Crippen LogP contribution >= 0.6 is 0 Å². The number of aryl methyl sites for hydroxylation is 1. The van der Waals surface area contributed by atoms with Crippen molar-refractivity contribution in [2.75, 3.05) is 0 Å². The second-order valence-electron chi connectivity index (χ2n) is 3.87. The van der Waals surface area contributed by atoms with Gasteiger partial charge in [0.15, 0.2) is 0 Å². The van der Waals surface area contributed by atoms with E-state index in [0.29, 0.717) is 5.76 Å². The van der Waals surface area contributed by atoms with Crippen molar-refractivity contribution in [3.8, 4) is 0 Å². The number of hydrogen-bond donors (Lipinski definition) is 3. The number of aromatic nitrogens is 1. The van der Waals surface area contributed by atoms with Crippen molar-refractivity contribution < 1.29 is 27.6 Å². The molecule has 10 heteroatoms. The highest BCUT2D eigenvalue weighted by Gasteiger charge is 2.26. The van der Waals surface area contributed by atoms with Gasteiger partial charge in [0.25, 0.3) is 0 Å². The van der Waals surface area contributed by atoms with Crippen LogP contribution in [0.3, 0.4) is 0 Å². The first-order chi connectivity index (χ1) is 8.69. The third-order valence-corrected chi connectivity index (χ3v) is 3.36. The van der Waals surface area contributed by atoms with Crippen LogP contribution in [0.25, 0.3) is 0 Å². The first-order valence-electron chi connectivity index (χ1n) is 5.13. The number of nitrogens with one attached hydrogen (secondary N) is 1. The third-order valence-electron chi connectivity index (χ3n) is 2.04. The molecular weight excluding hydrogens is 278 g/mol. The van der Waals surface area contributed by atoms with Crippen molar-refractivity contribution >= 4 is 21.9 Å². The summed E-state index contributed by atoms with van der Waals surface area (Å²) in [7, 11) is -3.97. The largest absolute Gasteiger partial charge is 0.480 e. The number of rotatable bonds is 7. The maximum absolute atomic E-state index is 11.7. The fourth-order valence-corrected chi connectivity index (χ4v) is 2.55. The van der Waals surface area contributed by atoms with Gasteiger partial charge in [-0.25, -0.2) is 13.1 Å². The number of carboxylic acid groups (broad SMARTS) is 1. The van der Waals surface area contributed by atoms with Crippen LogP contribution < -0.4 is 10.5 Å². The van der Waals surface area contributed by atoms with Crippen molar-refractivity contribution in [2.24, 2.45) is 5.73 Å². The van der Waals surface area contributed by atoms with E-state index in [4.69, 9.17) is 15.4 Å². The van der Waals surface area contributed by atoms with E-state index in [1.54, 1.807) is 6.92 Å². The maximum atomic E-state index is 11.7. The Kier molecular flexibility index (Phi) is 4.62. The lowest BCUT2D eigenvalue weighted by Crippen LogP contribution is -2.43. The lowest BCUT2D eigenvalue weighted by molar-refractivity contribution is -0.140. The lowest BCUT2D eigenvalue weighted by Gasteiger charge is -2.12. The van der Waals surface area contributed by atoms with Gasteiger partial charge in [-0.2, -0.15) is 0 Å². The van der Waals surface area contributed by atoms with Gasteiger partial charge in [-0.15, -0.1) is 0 Å². The average molecular weight is 291 g/mol. The van der Waals surface area contributed by atoms with Crippen LogP contribution in [0.5, 0.6) is 0 Å². The number of amides is 1. The van der Waals surface area contributed by atoms with Gasteiger partial charge in [0.1, 0.15) is 23.2 Å². The second kappa shape index (κ2) is 5.80. The minimum Gasteiger partial charge on any atom is -0.480 e. The highest BCUT2D eigenvalue weighted by atomic mass is 32.2. The van der Waals surface area contributed by atoms with Crippen molar-refractivity contribution in [1.29, 1.82) is 0 Å². The average Bonchev–Trinajstić information content (AvgIpc) is 2.60. The molecule has 1 atom stereocenters. The van der Waals surface area contributed by atoms with Crippen LogP contribution in [-0.2, 0) is 25.4 Å². The normalized spacial score (nSPS) is 13.1. The summed E-state index contributed by atoms with van der Waals surface area (Å²) in [4.78, 5) is 21.5. The maximum Gasteiger partial charge on any atom is 0.322 e. The zero-order chi connectivity index (χ0) is 14.6. The molecule has 0 aromatic carbocycles. The first kappa shape index (κ1) is 15.1. The quantitative estimate of drug-likeness (QED) is 0.566. The zero-order valence-electron chi connectivity index (χ0n) is 9.99. The van der Waals surface area contributed by atoms with Crippen LogP contribution in [0.15, 0.2) is 10.6 Å². The topological polar surface area (TPSA) is 153 Å². The minimum atomic E-state index is -3.97. The first-order valence-corrected chi connectivity index (χ1v) is 6.78. The Balaban J connectivity index is 2.76.